The van der Waals surface area contributed by atoms with Crippen LogP contribution in [-0.4, -0.2) is 25.8 Å². The van der Waals surface area contributed by atoms with E-state index in [9.17, 15) is 8.42 Å². The molecule has 1 aromatic rings. The van der Waals surface area contributed by atoms with Crippen LogP contribution in [0.25, 0.3) is 0 Å². The Morgan fingerprint density at radius 3 is 2.44 bits per heavy atom. The number of nitrogens with zero attached hydrogens (tertiary/aromatic N) is 1. The maximum Gasteiger partial charge on any atom is 0.252 e. The number of alkyl halides is 1. The van der Waals surface area contributed by atoms with Crippen molar-refractivity contribution >= 4 is 33.0 Å². The second-order valence-electron chi connectivity index (χ2n) is 4.91. The summed E-state index contributed by atoms with van der Waals surface area (Å²) in [5, 5.41) is 1.79. The Bertz CT molecular complexity index is 482. The van der Waals surface area contributed by atoms with Crippen molar-refractivity contribution in [2.75, 3.05) is 7.05 Å². The maximum absolute atomic E-state index is 12.4. The molecule has 0 saturated carbocycles. The molecule has 0 spiro atoms. The van der Waals surface area contributed by atoms with Crippen molar-refractivity contribution in [2.24, 2.45) is 5.92 Å². The highest BCUT2D eigenvalue weighted by Gasteiger charge is 2.27. The molecule has 0 aliphatic rings. The predicted molar refractivity (Wildman–Crippen MR) is 77.7 cm³/mol. The van der Waals surface area contributed by atoms with Crippen LogP contribution in [0.5, 0.6) is 0 Å². The Kier molecular flexibility index (Phi) is 5.65. The quantitative estimate of drug-likeness (QED) is 0.754. The van der Waals surface area contributed by atoms with Crippen molar-refractivity contribution in [1.29, 1.82) is 0 Å². The Hall–Kier alpha value is -0.100. The molecule has 3 nitrogen and oxygen atoms in total. The summed E-state index contributed by atoms with van der Waals surface area (Å²) >= 11 is 6.93. The molecule has 0 bridgehead atoms. The minimum absolute atomic E-state index is 0.00319. The van der Waals surface area contributed by atoms with Crippen LogP contribution in [0.15, 0.2) is 15.7 Å². The van der Waals surface area contributed by atoms with Crippen molar-refractivity contribution in [3.63, 3.8) is 0 Å². The fourth-order valence-electron chi connectivity index (χ4n) is 1.77. The van der Waals surface area contributed by atoms with Gasteiger partial charge in [-0.2, -0.15) is 4.31 Å². The van der Waals surface area contributed by atoms with Gasteiger partial charge in [0.2, 0.25) is 0 Å². The molecular weight excluding hydrogens is 290 g/mol. The SMILES string of the molecule is CC(C)CC(C)N(C)S(=O)(=O)c1cc(CCl)cs1. The Balaban J connectivity index is 2.92. The van der Waals surface area contributed by atoms with Crippen LogP contribution < -0.4 is 0 Å². The highest BCUT2D eigenvalue weighted by molar-refractivity contribution is 7.91. The van der Waals surface area contributed by atoms with Crippen molar-refractivity contribution in [3.8, 4) is 0 Å². The van der Waals surface area contributed by atoms with E-state index in [4.69, 9.17) is 11.6 Å². The topological polar surface area (TPSA) is 37.4 Å². The van der Waals surface area contributed by atoms with Crippen molar-refractivity contribution in [1.82, 2.24) is 4.31 Å². The third kappa shape index (κ3) is 3.70. The van der Waals surface area contributed by atoms with E-state index in [0.29, 0.717) is 16.0 Å². The van der Waals surface area contributed by atoms with E-state index in [1.54, 1.807) is 18.5 Å². The van der Waals surface area contributed by atoms with Crippen molar-refractivity contribution in [2.45, 2.75) is 43.3 Å². The van der Waals surface area contributed by atoms with E-state index in [1.165, 1.54) is 15.6 Å². The molecule has 1 atom stereocenters. The summed E-state index contributed by atoms with van der Waals surface area (Å²) in [5.74, 6) is 0.816. The van der Waals surface area contributed by atoms with Crippen LogP contribution >= 0.6 is 22.9 Å². The molecule has 1 rings (SSSR count). The largest absolute Gasteiger partial charge is 0.252 e. The van der Waals surface area contributed by atoms with Crippen LogP contribution in [0.3, 0.4) is 0 Å². The summed E-state index contributed by atoms with van der Waals surface area (Å²) in [7, 11) is -1.74. The molecular formula is C12H20ClNO2S2. The number of sulfonamides is 1. The minimum Gasteiger partial charge on any atom is -0.206 e. The molecule has 0 N–H and O–H groups in total. The number of halogens is 1. The van der Waals surface area contributed by atoms with E-state index < -0.39 is 10.0 Å². The third-order valence-electron chi connectivity index (χ3n) is 2.85. The smallest absolute Gasteiger partial charge is 0.206 e. The van der Waals surface area contributed by atoms with Gasteiger partial charge in [-0.1, -0.05) is 13.8 Å². The maximum atomic E-state index is 12.4. The second kappa shape index (κ2) is 6.37. The molecule has 104 valence electrons. The number of hydrogen-bond acceptors (Lipinski definition) is 3. The zero-order valence-electron chi connectivity index (χ0n) is 11.2. The summed E-state index contributed by atoms with van der Waals surface area (Å²) in [6, 6.07) is 1.66. The van der Waals surface area contributed by atoms with Gasteiger partial charge < -0.3 is 0 Å². The normalized spacial score (nSPS) is 14.4. The molecule has 0 radical (unpaired) electrons. The van der Waals surface area contributed by atoms with Gasteiger partial charge in [-0.25, -0.2) is 8.42 Å². The summed E-state index contributed by atoms with van der Waals surface area (Å²) in [4.78, 5) is 0. The fourth-order valence-corrected chi connectivity index (χ4v) is 4.78. The number of hydrogen-bond donors (Lipinski definition) is 0. The average molecular weight is 310 g/mol. The first-order valence-electron chi connectivity index (χ1n) is 5.90. The molecule has 1 unspecified atom stereocenters. The molecule has 0 aliphatic heterocycles. The van der Waals surface area contributed by atoms with Gasteiger partial charge in [-0.05, 0) is 36.3 Å². The summed E-state index contributed by atoms with van der Waals surface area (Å²) in [6.07, 6.45) is 0.851. The van der Waals surface area contributed by atoms with Gasteiger partial charge in [0.1, 0.15) is 4.21 Å². The van der Waals surface area contributed by atoms with Crippen LogP contribution in [-0.2, 0) is 15.9 Å². The molecule has 0 amide bonds. The molecule has 0 aliphatic carbocycles. The predicted octanol–water partition coefficient (Wildman–Crippen LogP) is 3.54. The van der Waals surface area contributed by atoms with Gasteiger partial charge in [-0.15, -0.1) is 22.9 Å². The van der Waals surface area contributed by atoms with Gasteiger partial charge in [0.25, 0.3) is 10.0 Å². The second-order valence-corrected chi connectivity index (χ2v) is 8.31. The monoisotopic (exact) mass is 309 g/mol. The standard InChI is InChI=1S/C12H20ClNO2S2/c1-9(2)5-10(3)14(4)18(15,16)12-6-11(7-13)8-17-12/h6,8-10H,5,7H2,1-4H3. The molecule has 18 heavy (non-hydrogen) atoms. The van der Waals surface area contributed by atoms with Crippen molar-refractivity contribution < 1.29 is 8.42 Å². The molecule has 1 heterocycles. The third-order valence-corrected chi connectivity index (χ3v) is 6.59. The van der Waals surface area contributed by atoms with Gasteiger partial charge in [0.05, 0.1) is 0 Å². The zero-order valence-corrected chi connectivity index (χ0v) is 13.6. The summed E-state index contributed by atoms with van der Waals surface area (Å²) < 4.78 is 26.6. The average Bonchev–Trinajstić information content (AvgIpc) is 2.76. The van der Waals surface area contributed by atoms with E-state index in [0.717, 1.165) is 12.0 Å². The molecule has 6 heteroatoms. The Morgan fingerprint density at radius 1 is 1.39 bits per heavy atom. The van der Waals surface area contributed by atoms with Crippen LogP contribution in [0.4, 0.5) is 0 Å². The lowest BCUT2D eigenvalue weighted by Gasteiger charge is -2.24. The minimum atomic E-state index is -3.38. The Morgan fingerprint density at radius 2 is 2.00 bits per heavy atom. The van der Waals surface area contributed by atoms with Gasteiger partial charge in [0.15, 0.2) is 0 Å². The first-order chi connectivity index (χ1) is 8.28. The highest BCUT2D eigenvalue weighted by Crippen LogP contribution is 2.26. The molecule has 1 aromatic heterocycles. The van der Waals surface area contributed by atoms with E-state index in [1.807, 2.05) is 6.92 Å². The van der Waals surface area contributed by atoms with Gasteiger partial charge in [0, 0.05) is 19.0 Å². The van der Waals surface area contributed by atoms with Gasteiger partial charge >= 0.3 is 0 Å². The lowest BCUT2D eigenvalue weighted by molar-refractivity contribution is 0.338. The van der Waals surface area contributed by atoms with Crippen molar-refractivity contribution in [3.05, 3.63) is 17.0 Å². The van der Waals surface area contributed by atoms with E-state index in [-0.39, 0.29) is 6.04 Å². The summed E-state index contributed by atoms with van der Waals surface area (Å²) in [6.45, 7) is 6.12. The summed E-state index contributed by atoms with van der Waals surface area (Å²) in [5.41, 5.74) is 0.852. The number of rotatable bonds is 6. The van der Waals surface area contributed by atoms with Gasteiger partial charge in [-0.3, -0.25) is 0 Å². The molecule has 0 fully saturated rings. The zero-order chi connectivity index (χ0) is 13.9. The highest BCUT2D eigenvalue weighted by atomic mass is 35.5. The lowest BCUT2D eigenvalue weighted by atomic mass is 10.1. The Labute approximate surface area is 119 Å². The number of thiophene rings is 1. The molecule has 0 saturated heterocycles. The van der Waals surface area contributed by atoms with Crippen LogP contribution in [0.2, 0.25) is 0 Å². The fraction of sp³-hybridized carbons (Fsp3) is 0.667. The first kappa shape index (κ1) is 16.0. The molecule has 0 aromatic carbocycles. The van der Waals surface area contributed by atoms with Crippen LogP contribution in [0.1, 0.15) is 32.8 Å². The van der Waals surface area contributed by atoms with Crippen LogP contribution in [0, 0.1) is 5.92 Å². The van der Waals surface area contributed by atoms with E-state index >= 15 is 0 Å². The van der Waals surface area contributed by atoms with E-state index in [2.05, 4.69) is 13.8 Å². The first-order valence-corrected chi connectivity index (χ1v) is 8.75. The lowest BCUT2D eigenvalue weighted by Crippen LogP contribution is -2.35.